The van der Waals surface area contributed by atoms with Crippen LogP contribution in [0, 0.1) is 17.4 Å². The lowest BCUT2D eigenvalue weighted by atomic mass is 10.2. The maximum atomic E-state index is 11.4. The summed E-state index contributed by atoms with van der Waals surface area (Å²) in [6.45, 7) is 1.29. The fraction of sp³-hybridized carbons (Fsp3) is 0.0909. The molecule has 4 heteroatoms. The van der Waals surface area contributed by atoms with Crippen LogP contribution in [-0.2, 0) is 4.79 Å². The molecule has 15 heavy (non-hydrogen) atoms. The molecule has 0 aliphatic rings. The lowest BCUT2D eigenvalue weighted by Gasteiger charge is -2.03. The first-order chi connectivity index (χ1) is 7.15. The molecule has 1 amide bonds. The van der Waals surface area contributed by atoms with Gasteiger partial charge >= 0.3 is 0 Å². The smallest absolute Gasteiger partial charge is 0.269 e. The molecule has 0 unspecified atom stereocenters. The molecule has 1 radical (unpaired) electrons. The number of hydrogen-bond donors (Lipinski definition) is 2. The number of carbonyl (C=O) groups is 1. The lowest BCUT2D eigenvalue weighted by Crippen LogP contribution is -2.14. The minimum absolute atomic E-state index is 0.293. The van der Waals surface area contributed by atoms with Gasteiger partial charge in [0, 0.05) is 5.69 Å². The van der Waals surface area contributed by atoms with Crippen LogP contribution in [0.4, 0.5) is 5.69 Å². The van der Waals surface area contributed by atoms with E-state index in [1.165, 1.54) is 6.92 Å². The summed E-state index contributed by atoms with van der Waals surface area (Å²) in [5, 5.41) is 20.1. The van der Waals surface area contributed by atoms with E-state index in [0.717, 1.165) is 0 Å². The molecule has 1 rings (SSSR count). The van der Waals surface area contributed by atoms with E-state index < -0.39 is 5.91 Å². The van der Waals surface area contributed by atoms with E-state index in [9.17, 15) is 4.79 Å². The number of amides is 1. The summed E-state index contributed by atoms with van der Waals surface area (Å²) in [6, 6.07) is 11.0. The van der Waals surface area contributed by atoms with Gasteiger partial charge in [0.15, 0.2) is 5.57 Å². The van der Waals surface area contributed by atoms with Crippen LogP contribution in [0.25, 0.3) is 0 Å². The van der Waals surface area contributed by atoms with Gasteiger partial charge in [-0.25, -0.2) is 0 Å². The zero-order valence-electron chi connectivity index (χ0n) is 8.11. The van der Waals surface area contributed by atoms with E-state index in [0.29, 0.717) is 5.69 Å². The van der Waals surface area contributed by atoms with Crippen LogP contribution in [0.15, 0.2) is 35.6 Å². The number of nitrogens with one attached hydrogen (secondary N) is 1. The van der Waals surface area contributed by atoms with Crippen molar-refractivity contribution >= 4 is 11.6 Å². The number of nitriles is 1. The second-order valence-electron chi connectivity index (χ2n) is 2.82. The molecular weight excluding hydrogens is 192 g/mol. The Bertz CT molecular complexity index is 426. The van der Waals surface area contributed by atoms with Crippen molar-refractivity contribution in [1.29, 1.82) is 5.26 Å². The van der Waals surface area contributed by atoms with Crippen LogP contribution in [0.1, 0.15) is 6.92 Å². The van der Waals surface area contributed by atoms with E-state index >= 15 is 0 Å². The van der Waals surface area contributed by atoms with Crippen LogP contribution in [-0.4, -0.2) is 11.0 Å². The number of hydrogen-bond acceptors (Lipinski definition) is 3. The van der Waals surface area contributed by atoms with Gasteiger partial charge in [0.25, 0.3) is 5.91 Å². The largest absolute Gasteiger partial charge is 0.511 e. The van der Waals surface area contributed by atoms with Gasteiger partial charge in [0.05, 0.1) is 0 Å². The number of carbonyl (C=O) groups excluding carboxylic acids is 1. The average Bonchev–Trinajstić information content (AvgIpc) is 2.19. The Labute approximate surface area is 87.5 Å². The van der Waals surface area contributed by atoms with Crippen LogP contribution in [0.2, 0.25) is 0 Å². The Morgan fingerprint density at radius 3 is 2.87 bits per heavy atom. The molecule has 0 atom stereocenters. The monoisotopic (exact) mass is 201 g/mol. The van der Waals surface area contributed by atoms with Gasteiger partial charge in [-0.1, -0.05) is 12.1 Å². The van der Waals surface area contributed by atoms with Crippen molar-refractivity contribution in [1.82, 2.24) is 0 Å². The van der Waals surface area contributed by atoms with Crippen LogP contribution in [0.5, 0.6) is 0 Å². The zero-order chi connectivity index (χ0) is 11.3. The number of rotatable bonds is 2. The molecule has 1 aromatic rings. The van der Waals surface area contributed by atoms with Crippen molar-refractivity contribution in [3.05, 3.63) is 41.7 Å². The highest BCUT2D eigenvalue weighted by atomic mass is 16.3. The molecular formula is C11H9N2O2. The first kappa shape index (κ1) is 10.8. The summed E-state index contributed by atoms with van der Waals surface area (Å²) in [5.74, 6) is -0.924. The highest BCUT2D eigenvalue weighted by molar-refractivity contribution is 6.06. The predicted octanol–water partition coefficient (Wildman–Crippen LogP) is 1.78. The van der Waals surface area contributed by atoms with Gasteiger partial charge in [0.2, 0.25) is 0 Å². The van der Waals surface area contributed by atoms with Crippen LogP contribution >= 0.6 is 0 Å². The highest BCUT2D eigenvalue weighted by Crippen LogP contribution is 2.08. The molecule has 0 saturated carbocycles. The molecule has 0 bridgehead atoms. The molecule has 1 aromatic carbocycles. The number of aliphatic hydroxyl groups excluding tert-OH is 1. The van der Waals surface area contributed by atoms with Crippen LogP contribution in [0.3, 0.4) is 0 Å². The number of aliphatic hydroxyl groups is 1. The third-order valence-corrected chi connectivity index (χ3v) is 1.67. The van der Waals surface area contributed by atoms with E-state index in [1.54, 1.807) is 30.3 Å². The molecule has 0 heterocycles. The van der Waals surface area contributed by atoms with Gasteiger partial charge in [-0.2, -0.15) is 5.26 Å². The first-order valence-electron chi connectivity index (χ1n) is 4.22. The maximum Gasteiger partial charge on any atom is 0.269 e. The van der Waals surface area contributed by atoms with Gasteiger partial charge in [-0.3, -0.25) is 4.79 Å². The predicted molar refractivity (Wildman–Crippen MR) is 54.8 cm³/mol. The molecule has 0 spiro atoms. The number of allylic oxidation sites excluding steroid dienone is 1. The van der Waals surface area contributed by atoms with Crippen molar-refractivity contribution < 1.29 is 9.90 Å². The summed E-state index contributed by atoms with van der Waals surface area (Å²) in [6.07, 6.45) is 0. The fourth-order valence-corrected chi connectivity index (χ4v) is 0.961. The Hall–Kier alpha value is -2.28. The second-order valence-corrected chi connectivity index (χ2v) is 2.82. The van der Waals surface area contributed by atoms with Crippen molar-refractivity contribution in [2.24, 2.45) is 0 Å². The summed E-state index contributed by atoms with van der Waals surface area (Å²) in [7, 11) is 0. The van der Waals surface area contributed by atoms with E-state index in [-0.39, 0.29) is 11.3 Å². The van der Waals surface area contributed by atoms with Crippen molar-refractivity contribution in [3.63, 3.8) is 0 Å². The summed E-state index contributed by atoms with van der Waals surface area (Å²) >= 11 is 0. The summed E-state index contributed by atoms with van der Waals surface area (Å²) in [5.41, 5.74) is 0.232. The molecule has 0 aliphatic carbocycles. The first-order valence-corrected chi connectivity index (χ1v) is 4.22. The van der Waals surface area contributed by atoms with Gasteiger partial charge in [-0.15, -0.1) is 0 Å². The highest BCUT2D eigenvalue weighted by Gasteiger charge is 2.12. The number of anilines is 1. The maximum absolute atomic E-state index is 11.4. The van der Waals surface area contributed by atoms with E-state index in [1.807, 2.05) is 0 Å². The van der Waals surface area contributed by atoms with Crippen molar-refractivity contribution in [2.45, 2.75) is 6.92 Å². The van der Waals surface area contributed by atoms with E-state index in [2.05, 4.69) is 11.4 Å². The molecule has 4 nitrogen and oxygen atoms in total. The van der Waals surface area contributed by atoms with Gasteiger partial charge in [-0.05, 0) is 25.1 Å². The molecule has 2 N–H and O–H groups in total. The molecule has 75 valence electrons. The number of nitrogens with zero attached hydrogens (tertiary/aromatic N) is 1. The number of benzene rings is 1. The Kier molecular flexibility index (Phi) is 3.47. The molecule has 0 aliphatic heterocycles. The van der Waals surface area contributed by atoms with Crippen molar-refractivity contribution in [2.75, 3.05) is 5.32 Å². The quantitative estimate of drug-likeness (QED) is 0.435. The Balaban J connectivity index is 2.82. The third kappa shape index (κ3) is 2.85. The summed E-state index contributed by atoms with van der Waals surface area (Å²) < 4.78 is 0. The molecule has 0 aromatic heterocycles. The normalized spacial score (nSPS) is 11.2. The molecule has 0 fully saturated rings. The summed E-state index contributed by atoms with van der Waals surface area (Å²) in [4.78, 5) is 11.4. The minimum atomic E-state index is -0.628. The third-order valence-electron chi connectivity index (χ3n) is 1.67. The van der Waals surface area contributed by atoms with Gasteiger partial charge in [0.1, 0.15) is 11.8 Å². The van der Waals surface area contributed by atoms with Gasteiger partial charge < -0.3 is 10.4 Å². The average molecular weight is 201 g/mol. The zero-order valence-corrected chi connectivity index (χ0v) is 8.11. The van der Waals surface area contributed by atoms with E-state index in [4.69, 9.17) is 10.4 Å². The standard InChI is InChI=1S/C11H9N2O2/c1-8(14)10(7-12)11(15)13-9-5-3-2-4-6-9/h2-3,5-6,14H,1H3,(H,13,15). The second kappa shape index (κ2) is 4.82. The topological polar surface area (TPSA) is 73.1 Å². The molecule has 0 saturated heterocycles. The Morgan fingerprint density at radius 1 is 1.67 bits per heavy atom. The fourth-order valence-electron chi connectivity index (χ4n) is 0.961. The lowest BCUT2D eigenvalue weighted by molar-refractivity contribution is -0.112. The Morgan fingerprint density at radius 2 is 2.40 bits per heavy atom. The van der Waals surface area contributed by atoms with Crippen molar-refractivity contribution in [3.8, 4) is 6.07 Å². The van der Waals surface area contributed by atoms with Crippen LogP contribution < -0.4 is 5.32 Å². The minimum Gasteiger partial charge on any atom is -0.511 e. The SMILES string of the molecule is CC(O)=C(C#N)C(=O)Nc1c[c]ccc1.